The topological polar surface area (TPSA) is 73.9 Å². The van der Waals surface area contributed by atoms with E-state index in [1.807, 2.05) is 6.07 Å². The van der Waals surface area contributed by atoms with Gasteiger partial charge in [0.05, 0.1) is 43.4 Å². The molecule has 0 bridgehead atoms. The van der Waals surface area contributed by atoms with Crippen molar-refractivity contribution in [2.75, 3.05) is 32.4 Å². The van der Waals surface area contributed by atoms with Gasteiger partial charge in [-0.1, -0.05) is 11.6 Å². The van der Waals surface area contributed by atoms with Crippen LogP contribution in [0.25, 0.3) is 0 Å². The van der Waals surface area contributed by atoms with Crippen LogP contribution < -0.4 is 14.8 Å². The molecule has 2 aromatic carbocycles. The molecule has 0 atom stereocenters. The fourth-order valence-corrected chi connectivity index (χ4v) is 3.00. The fourth-order valence-electron chi connectivity index (χ4n) is 2.11. The summed E-state index contributed by atoms with van der Waals surface area (Å²) in [6.45, 7) is 0. The average molecular weight is 396 g/mol. The van der Waals surface area contributed by atoms with Gasteiger partial charge in [0.15, 0.2) is 11.5 Å². The number of rotatable bonds is 7. The molecule has 1 N–H and O–H groups in total. The third-order valence-corrected chi connectivity index (χ3v) is 4.71. The first kappa shape index (κ1) is 19.9. The Morgan fingerprint density at radius 1 is 1.04 bits per heavy atom. The van der Waals surface area contributed by atoms with E-state index in [0.717, 1.165) is 4.90 Å². The molecule has 0 unspecified atom stereocenters. The van der Waals surface area contributed by atoms with E-state index in [2.05, 4.69) is 10.1 Å². The number of ether oxygens (including phenoxy) is 3. The molecule has 2 rings (SSSR count). The van der Waals surface area contributed by atoms with Crippen molar-refractivity contribution in [2.24, 2.45) is 0 Å². The van der Waals surface area contributed by atoms with E-state index < -0.39 is 5.97 Å². The van der Waals surface area contributed by atoms with Gasteiger partial charge in [0.2, 0.25) is 5.91 Å². The van der Waals surface area contributed by atoms with Crippen LogP contribution in [0, 0.1) is 0 Å². The number of carbonyl (C=O) groups excluding carboxylic acids is 2. The van der Waals surface area contributed by atoms with E-state index in [0.29, 0.717) is 27.8 Å². The summed E-state index contributed by atoms with van der Waals surface area (Å²) in [4.78, 5) is 24.6. The zero-order valence-electron chi connectivity index (χ0n) is 14.5. The van der Waals surface area contributed by atoms with Crippen LogP contribution in [0.2, 0.25) is 5.02 Å². The summed E-state index contributed by atoms with van der Waals surface area (Å²) in [6, 6.07) is 9.95. The Morgan fingerprint density at radius 2 is 1.77 bits per heavy atom. The molecule has 0 aromatic heterocycles. The maximum atomic E-state index is 12.2. The highest BCUT2D eigenvalue weighted by Crippen LogP contribution is 2.32. The second-order valence-corrected chi connectivity index (χ2v) is 6.50. The lowest BCUT2D eigenvalue weighted by Crippen LogP contribution is -2.15. The summed E-state index contributed by atoms with van der Waals surface area (Å²) >= 11 is 7.41. The number of methoxy groups -OCH3 is 3. The molecule has 0 radical (unpaired) electrons. The summed E-state index contributed by atoms with van der Waals surface area (Å²) in [7, 11) is 4.40. The molecule has 0 aliphatic heterocycles. The number of amides is 1. The molecule has 0 aliphatic carbocycles. The quantitative estimate of drug-likeness (QED) is 0.566. The number of carbonyl (C=O) groups is 2. The fraction of sp³-hybridized carbons (Fsp3) is 0.222. The Labute approximate surface area is 160 Å². The Hall–Kier alpha value is -2.38. The van der Waals surface area contributed by atoms with E-state index in [1.54, 1.807) is 26.4 Å². The molecule has 0 saturated heterocycles. The number of halogens is 1. The van der Waals surface area contributed by atoms with E-state index in [9.17, 15) is 9.59 Å². The lowest BCUT2D eigenvalue weighted by molar-refractivity contribution is -0.113. The minimum atomic E-state index is -0.503. The van der Waals surface area contributed by atoms with E-state index in [1.165, 1.54) is 37.1 Å². The van der Waals surface area contributed by atoms with Crippen LogP contribution in [0.4, 0.5) is 5.69 Å². The molecule has 2 aromatic rings. The van der Waals surface area contributed by atoms with Crippen LogP contribution >= 0.6 is 23.4 Å². The zero-order chi connectivity index (χ0) is 19.1. The Morgan fingerprint density at radius 3 is 2.42 bits per heavy atom. The molecule has 0 aliphatic rings. The second-order valence-electron chi connectivity index (χ2n) is 5.04. The number of benzene rings is 2. The van der Waals surface area contributed by atoms with Crippen LogP contribution in [0.5, 0.6) is 11.5 Å². The summed E-state index contributed by atoms with van der Waals surface area (Å²) in [5.41, 5.74) is 0.659. The Kier molecular flexibility index (Phi) is 7.17. The molecular weight excluding hydrogens is 378 g/mol. The summed E-state index contributed by atoms with van der Waals surface area (Å²) in [5.74, 6) is 0.610. The number of anilines is 1. The first-order valence-corrected chi connectivity index (χ1v) is 8.87. The number of thioether (sulfide) groups is 1. The van der Waals surface area contributed by atoms with Gasteiger partial charge in [-0.3, -0.25) is 4.79 Å². The van der Waals surface area contributed by atoms with Crippen molar-refractivity contribution in [3.8, 4) is 11.5 Å². The highest BCUT2D eigenvalue weighted by molar-refractivity contribution is 8.00. The minimum absolute atomic E-state index is 0.161. The molecule has 0 spiro atoms. The van der Waals surface area contributed by atoms with Gasteiger partial charge in [-0.05, 0) is 36.4 Å². The minimum Gasteiger partial charge on any atom is -0.493 e. The standard InChI is InChI=1S/C18H18ClNO5S/c1-23-15-7-5-12(9-16(15)24-2)26-10-17(21)20-14-8-11(18(22)25-3)4-6-13(14)19/h4-9H,10H2,1-3H3,(H,20,21). The van der Waals surface area contributed by atoms with Gasteiger partial charge in [-0.25, -0.2) is 4.79 Å². The second kappa shape index (κ2) is 9.35. The normalized spacial score (nSPS) is 10.2. The monoisotopic (exact) mass is 395 g/mol. The molecule has 26 heavy (non-hydrogen) atoms. The SMILES string of the molecule is COC(=O)c1ccc(Cl)c(NC(=O)CSc2ccc(OC)c(OC)c2)c1. The highest BCUT2D eigenvalue weighted by atomic mass is 35.5. The maximum absolute atomic E-state index is 12.2. The van der Waals surface area contributed by atoms with Crippen LogP contribution in [-0.2, 0) is 9.53 Å². The molecule has 6 nitrogen and oxygen atoms in total. The van der Waals surface area contributed by atoms with Crippen LogP contribution in [0.3, 0.4) is 0 Å². The lowest BCUT2D eigenvalue weighted by Gasteiger charge is -2.10. The van der Waals surface area contributed by atoms with Gasteiger partial charge in [0, 0.05) is 4.90 Å². The molecule has 138 valence electrons. The predicted octanol–water partition coefficient (Wildman–Crippen LogP) is 3.87. The predicted molar refractivity (Wildman–Crippen MR) is 102 cm³/mol. The van der Waals surface area contributed by atoms with E-state index >= 15 is 0 Å². The first-order valence-electron chi connectivity index (χ1n) is 7.51. The Balaban J connectivity index is 2.02. The largest absolute Gasteiger partial charge is 0.493 e. The van der Waals surface area contributed by atoms with Gasteiger partial charge in [0.1, 0.15) is 0 Å². The molecular formula is C18H18ClNO5S. The maximum Gasteiger partial charge on any atom is 0.337 e. The van der Waals surface area contributed by atoms with Gasteiger partial charge in [-0.15, -0.1) is 11.8 Å². The zero-order valence-corrected chi connectivity index (χ0v) is 16.1. The van der Waals surface area contributed by atoms with Crippen molar-refractivity contribution in [2.45, 2.75) is 4.90 Å². The van der Waals surface area contributed by atoms with Gasteiger partial charge in [0.25, 0.3) is 0 Å². The first-order chi connectivity index (χ1) is 12.5. The summed E-state index contributed by atoms with van der Waals surface area (Å²) in [6.07, 6.45) is 0. The number of hydrogen-bond donors (Lipinski definition) is 1. The van der Waals surface area contributed by atoms with Gasteiger partial charge >= 0.3 is 5.97 Å². The van der Waals surface area contributed by atoms with Crippen molar-refractivity contribution in [1.82, 2.24) is 0 Å². The molecule has 0 saturated carbocycles. The van der Waals surface area contributed by atoms with Crippen molar-refractivity contribution in [3.63, 3.8) is 0 Å². The van der Waals surface area contributed by atoms with Crippen molar-refractivity contribution in [1.29, 1.82) is 0 Å². The number of nitrogens with one attached hydrogen (secondary N) is 1. The Bertz CT molecular complexity index is 812. The molecule has 0 fully saturated rings. The van der Waals surface area contributed by atoms with Gasteiger partial charge < -0.3 is 19.5 Å². The molecule has 8 heteroatoms. The number of esters is 1. The average Bonchev–Trinajstić information content (AvgIpc) is 2.67. The van der Waals surface area contributed by atoms with Crippen molar-refractivity contribution >= 4 is 40.9 Å². The van der Waals surface area contributed by atoms with Crippen molar-refractivity contribution in [3.05, 3.63) is 47.0 Å². The smallest absolute Gasteiger partial charge is 0.337 e. The van der Waals surface area contributed by atoms with Crippen LogP contribution in [-0.4, -0.2) is 39.0 Å². The third-order valence-electron chi connectivity index (χ3n) is 3.39. The van der Waals surface area contributed by atoms with Crippen molar-refractivity contribution < 1.29 is 23.8 Å². The number of hydrogen-bond acceptors (Lipinski definition) is 6. The van der Waals surface area contributed by atoms with Gasteiger partial charge in [-0.2, -0.15) is 0 Å². The van der Waals surface area contributed by atoms with Crippen LogP contribution in [0.1, 0.15) is 10.4 Å². The van der Waals surface area contributed by atoms with E-state index in [-0.39, 0.29) is 11.7 Å². The highest BCUT2D eigenvalue weighted by Gasteiger charge is 2.12. The third kappa shape index (κ3) is 5.06. The van der Waals surface area contributed by atoms with Crippen LogP contribution in [0.15, 0.2) is 41.3 Å². The lowest BCUT2D eigenvalue weighted by atomic mass is 10.2. The summed E-state index contributed by atoms with van der Waals surface area (Å²) < 4.78 is 15.1. The summed E-state index contributed by atoms with van der Waals surface area (Å²) in [5, 5.41) is 3.03. The van der Waals surface area contributed by atoms with E-state index in [4.69, 9.17) is 21.1 Å². The molecule has 0 heterocycles. The molecule has 1 amide bonds.